The normalized spacial score (nSPS) is 27.0. The molecule has 2 aliphatic rings. The molecule has 3 rings (SSSR count). The van der Waals surface area contributed by atoms with E-state index in [9.17, 15) is 0 Å². The van der Waals surface area contributed by atoms with E-state index in [1.54, 1.807) is 0 Å². The molecule has 2 aliphatic heterocycles. The summed E-state index contributed by atoms with van der Waals surface area (Å²) in [7, 11) is 1.81. The van der Waals surface area contributed by atoms with Gasteiger partial charge in [-0.2, -0.15) is 0 Å². The summed E-state index contributed by atoms with van der Waals surface area (Å²) in [6, 6.07) is 9.27. The van der Waals surface area contributed by atoms with Crippen LogP contribution in [0.3, 0.4) is 0 Å². The predicted molar refractivity (Wildman–Crippen MR) is 78.6 cm³/mol. The van der Waals surface area contributed by atoms with Gasteiger partial charge in [0.2, 0.25) is 0 Å². The molecule has 104 valence electrons. The predicted octanol–water partition coefficient (Wildman–Crippen LogP) is 2.38. The number of hydrogen-bond donors (Lipinski definition) is 1. The van der Waals surface area contributed by atoms with E-state index in [-0.39, 0.29) is 0 Å². The van der Waals surface area contributed by atoms with Gasteiger partial charge in [0.15, 0.2) is 0 Å². The van der Waals surface area contributed by atoms with Crippen molar-refractivity contribution < 1.29 is 4.74 Å². The molecule has 2 atom stereocenters. The van der Waals surface area contributed by atoms with Gasteiger partial charge in [-0.05, 0) is 43.4 Å². The molecule has 0 aliphatic carbocycles. The minimum absolute atomic E-state index is 0.582. The Labute approximate surface area is 115 Å². The Kier molecular flexibility index (Phi) is 4.04. The van der Waals surface area contributed by atoms with Crippen LogP contribution in [0, 0.1) is 5.92 Å². The second kappa shape index (κ2) is 5.93. The Bertz CT molecular complexity index is 394. The Hall–Kier alpha value is -1.06. The minimum Gasteiger partial charge on any atom is -0.384 e. The van der Waals surface area contributed by atoms with E-state index in [0.29, 0.717) is 6.04 Å². The average Bonchev–Trinajstić information content (AvgIpc) is 2.81. The van der Waals surface area contributed by atoms with Crippen molar-refractivity contribution in [2.24, 2.45) is 5.92 Å². The smallest absolute Gasteiger partial charge is 0.0502 e. The number of fused-ring (bicyclic) bond motifs is 1. The zero-order valence-electron chi connectivity index (χ0n) is 11.8. The number of methoxy groups -OCH3 is 1. The second-order valence-electron chi connectivity index (χ2n) is 5.93. The number of nitrogens with one attached hydrogen (secondary N) is 1. The van der Waals surface area contributed by atoms with Crippen LogP contribution in [0.1, 0.15) is 18.4 Å². The standard InChI is InChI=1S/C16H24N2O/c1-19-12-13-5-4-8-18(10-13)11-15-9-14-6-2-3-7-16(14)17-15/h2-3,6-7,13,15,17H,4-5,8-12H2,1H3. The molecule has 1 aromatic rings. The molecule has 19 heavy (non-hydrogen) atoms. The summed E-state index contributed by atoms with van der Waals surface area (Å²) in [5, 5.41) is 3.66. The maximum Gasteiger partial charge on any atom is 0.0502 e. The largest absolute Gasteiger partial charge is 0.384 e. The molecule has 2 heterocycles. The van der Waals surface area contributed by atoms with Gasteiger partial charge in [-0.15, -0.1) is 0 Å². The molecule has 1 aromatic carbocycles. The third-order valence-corrected chi connectivity index (χ3v) is 4.33. The summed E-state index contributed by atoms with van der Waals surface area (Å²) in [6.45, 7) is 4.51. The van der Waals surface area contributed by atoms with Crippen molar-refractivity contribution in [2.45, 2.75) is 25.3 Å². The van der Waals surface area contributed by atoms with Crippen LogP contribution in [0.5, 0.6) is 0 Å². The van der Waals surface area contributed by atoms with Crippen molar-refractivity contribution in [3.63, 3.8) is 0 Å². The number of rotatable bonds is 4. The van der Waals surface area contributed by atoms with E-state index in [0.717, 1.165) is 19.1 Å². The molecule has 0 saturated carbocycles. The molecule has 0 aromatic heterocycles. The highest BCUT2D eigenvalue weighted by Crippen LogP contribution is 2.26. The first-order chi connectivity index (χ1) is 9.35. The summed E-state index contributed by atoms with van der Waals surface area (Å²) in [5.74, 6) is 0.725. The summed E-state index contributed by atoms with van der Waals surface area (Å²) in [5.41, 5.74) is 2.80. The number of anilines is 1. The van der Waals surface area contributed by atoms with Gasteiger partial charge in [0.05, 0.1) is 6.61 Å². The van der Waals surface area contributed by atoms with Gasteiger partial charge in [0.1, 0.15) is 0 Å². The number of hydrogen-bond acceptors (Lipinski definition) is 3. The number of nitrogens with zero attached hydrogens (tertiary/aromatic N) is 1. The summed E-state index contributed by atoms with van der Waals surface area (Å²) in [4.78, 5) is 2.61. The monoisotopic (exact) mass is 260 g/mol. The SMILES string of the molecule is COCC1CCCN(CC2Cc3ccccc3N2)C1. The number of ether oxygens (including phenoxy) is 1. The number of para-hydroxylation sites is 1. The number of benzene rings is 1. The van der Waals surface area contributed by atoms with Crippen LogP contribution in [-0.2, 0) is 11.2 Å². The topological polar surface area (TPSA) is 24.5 Å². The quantitative estimate of drug-likeness (QED) is 0.899. The van der Waals surface area contributed by atoms with Crippen LogP contribution in [0.25, 0.3) is 0 Å². The highest BCUT2D eigenvalue weighted by molar-refractivity contribution is 5.56. The number of likely N-dealkylation sites (tertiary alicyclic amines) is 1. The van der Waals surface area contributed by atoms with E-state index in [4.69, 9.17) is 4.74 Å². The van der Waals surface area contributed by atoms with Crippen LogP contribution in [0.4, 0.5) is 5.69 Å². The zero-order chi connectivity index (χ0) is 13.1. The fraction of sp³-hybridized carbons (Fsp3) is 0.625. The highest BCUT2D eigenvalue weighted by atomic mass is 16.5. The second-order valence-corrected chi connectivity index (χ2v) is 5.93. The molecule has 0 spiro atoms. The third-order valence-electron chi connectivity index (χ3n) is 4.33. The van der Waals surface area contributed by atoms with Gasteiger partial charge >= 0.3 is 0 Å². The third kappa shape index (κ3) is 3.10. The van der Waals surface area contributed by atoms with Crippen molar-refractivity contribution in [3.05, 3.63) is 29.8 Å². The lowest BCUT2D eigenvalue weighted by Crippen LogP contribution is -2.42. The van der Waals surface area contributed by atoms with E-state index in [1.807, 2.05) is 7.11 Å². The van der Waals surface area contributed by atoms with Crippen molar-refractivity contribution in [1.29, 1.82) is 0 Å². The Balaban J connectivity index is 1.53. The van der Waals surface area contributed by atoms with Crippen LogP contribution in [0.2, 0.25) is 0 Å². The lowest BCUT2D eigenvalue weighted by atomic mass is 9.98. The van der Waals surface area contributed by atoms with Gasteiger partial charge in [0.25, 0.3) is 0 Å². The van der Waals surface area contributed by atoms with Crippen molar-refractivity contribution in [2.75, 3.05) is 38.7 Å². The van der Waals surface area contributed by atoms with Crippen molar-refractivity contribution in [1.82, 2.24) is 4.90 Å². The van der Waals surface area contributed by atoms with Crippen molar-refractivity contribution >= 4 is 5.69 Å². The average molecular weight is 260 g/mol. The zero-order valence-corrected chi connectivity index (χ0v) is 11.8. The van der Waals surface area contributed by atoms with Crippen LogP contribution in [-0.4, -0.2) is 44.3 Å². The van der Waals surface area contributed by atoms with Gasteiger partial charge in [-0.25, -0.2) is 0 Å². The van der Waals surface area contributed by atoms with E-state index < -0.39 is 0 Å². The van der Waals surface area contributed by atoms with Crippen LogP contribution >= 0.6 is 0 Å². The summed E-state index contributed by atoms with van der Waals surface area (Å²) in [6.07, 6.45) is 3.80. The van der Waals surface area contributed by atoms with Gasteiger partial charge in [-0.1, -0.05) is 18.2 Å². The fourth-order valence-electron chi connectivity index (χ4n) is 3.49. The lowest BCUT2D eigenvalue weighted by molar-refractivity contribution is 0.0890. The molecule has 0 amide bonds. The van der Waals surface area contributed by atoms with Gasteiger partial charge in [-0.3, -0.25) is 0 Å². The molecule has 2 unspecified atom stereocenters. The number of piperidine rings is 1. The maximum atomic E-state index is 5.31. The van der Waals surface area contributed by atoms with Crippen LogP contribution in [0.15, 0.2) is 24.3 Å². The first kappa shape index (κ1) is 12.9. The van der Waals surface area contributed by atoms with E-state index in [1.165, 1.54) is 43.6 Å². The first-order valence-electron chi connectivity index (χ1n) is 7.41. The van der Waals surface area contributed by atoms with E-state index >= 15 is 0 Å². The molecule has 0 radical (unpaired) electrons. The maximum absolute atomic E-state index is 5.31. The molecule has 3 heteroatoms. The van der Waals surface area contributed by atoms with Crippen LogP contribution < -0.4 is 5.32 Å². The molecule has 1 N–H and O–H groups in total. The summed E-state index contributed by atoms with van der Waals surface area (Å²) >= 11 is 0. The molecular weight excluding hydrogens is 236 g/mol. The Morgan fingerprint density at radius 3 is 3.11 bits per heavy atom. The highest BCUT2D eigenvalue weighted by Gasteiger charge is 2.25. The van der Waals surface area contributed by atoms with Gasteiger partial charge < -0.3 is 15.0 Å². The van der Waals surface area contributed by atoms with Gasteiger partial charge in [0, 0.05) is 31.9 Å². The summed E-state index contributed by atoms with van der Waals surface area (Å²) < 4.78 is 5.31. The van der Waals surface area contributed by atoms with E-state index in [2.05, 4.69) is 34.5 Å². The minimum atomic E-state index is 0.582. The molecule has 1 fully saturated rings. The fourth-order valence-corrected chi connectivity index (χ4v) is 3.49. The molecule has 1 saturated heterocycles. The molecular formula is C16H24N2O. The lowest BCUT2D eigenvalue weighted by Gasteiger charge is -2.34. The molecule has 3 nitrogen and oxygen atoms in total. The Morgan fingerprint density at radius 2 is 2.26 bits per heavy atom. The Morgan fingerprint density at radius 1 is 1.37 bits per heavy atom. The first-order valence-corrected chi connectivity index (χ1v) is 7.41. The molecule has 0 bridgehead atoms. The van der Waals surface area contributed by atoms with Crippen molar-refractivity contribution in [3.8, 4) is 0 Å².